The number of hydrogen-bond acceptors (Lipinski definition) is 5. The summed E-state index contributed by atoms with van der Waals surface area (Å²) >= 11 is 0. The molecule has 0 bridgehead atoms. The van der Waals surface area contributed by atoms with Crippen molar-refractivity contribution in [3.05, 3.63) is 70.8 Å². The number of aryl methyl sites for hydroxylation is 1. The van der Waals surface area contributed by atoms with Crippen molar-refractivity contribution in [3.8, 4) is 6.07 Å². The van der Waals surface area contributed by atoms with E-state index in [1.165, 1.54) is 0 Å². The summed E-state index contributed by atoms with van der Waals surface area (Å²) in [6, 6.07) is 15.7. The number of benzene rings is 2. The lowest BCUT2D eigenvalue weighted by atomic mass is 9.86. The van der Waals surface area contributed by atoms with Gasteiger partial charge in [-0.15, -0.1) is 0 Å². The van der Waals surface area contributed by atoms with Crippen molar-refractivity contribution < 1.29 is 13.2 Å². The third kappa shape index (κ3) is 4.80. The maximum Gasteiger partial charge on any atom is 0.311 e. The largest absolute Gasteiger partial charge is 0.349 e. The van der Waals surface area contributed by atoms with E-state index < -0.39 is 16.5 Å². The summed E-state index contributed by atoms with van der Waals surface area (Å²) in [4.78, 5) is 12.6. The third-order valence-corrected chi connectivity index (χ3v) is 5.12. The van der Waals surface area contributed by atoms with Gasteiger partial charge in [0.25, 0.3) is 0 Å². The van der Waals surface area contributed by atoms with E-state index in [1.807, 2.05) is 18.2 Å². The zero-order chi connectivity index (χ0) is 19.2. The molecule has 1 aliphatic carbocycles. The normalized spacial score (nSPS) is 16.5. The maximum absolute atomic E-state index is 12.6. The summed E-state index contributed by atoms with van der Waals surface area (Å²) in [5, 5.41) is 12.1. The minimum atomic E-state index is -2.59. The van der Waals surface area contributed by atoms with Crippen LogP contribution in [-0.4, -0.2) is 14.3 Å². The van der Waals surface area contributed by atoms with E-state index in [9.17, 15) is 13.2 Å². The van der Waals surface area contributed by atoms with Gasteiger partial charge in [-0.3, -0.25) is 4.79 Å². The summed E-state index contributed by atoms with van der Waals surface area (Å²) in [5.41, 5.74) is 3.39. The van der Waals surface area contributed by atoms with Crippen molar-refractivity contribution in [3.63, 3.8) is 0 Å². The lowest BCUT2D eigenvalue weighted by Crippen LogP contribution is -2.31. The molecule has 3 rings (SSSR count). The molecule has 0 saturated carbocycles. The Hall–Kier alpha value is -2.98. The molecule has 1 aliphatic rings. The van der Waals surface area contributed by atoms with Crippen molar-refractivity contribution in [1.82, 2.24) is 5.32 Å². The van der Waals surface area contributed by atoms with Crippen LogP contribution < -0.4 is 5.32 Å². The molecule has 0 heterocycles. The number of carbonyl (C=O) groups is 1. The number of nitrogens with one attached hydrogen (secondary N) is 1. The van der Waals surface area contributed by atoms with E-state index in [2.05, 4.69) is 15.7 Å². The fourth-order valence-electron chi connectivity index (χ4n) is 3.46. The van der Waals surface area contributed by atoms with Crippen molar-refractivity contribution in [2.45, 2.75) is 37.8 Å². The number of nitriles is 1. The molecular formula is C20H19N3O3S. The van der Waals surface area contributed by atoms with E-state index >= 15 is 0 Å². The van der Waals surface area contributed by atoms with Gasteiger partial charge in [-0.1, -0.05) is 36.4 Å². The van der Waals surface area contributed by atoms with Crippen LogP contribution in [0.2, 0.25) is 0 Å². The van der Waals surface area contributed by atoms with Gasteiger partial charge in [-0.2, -0.15) is 18.0 Å². The molecule has 138 valence electrons. The van der Waals surface area contributed by atoms with Gasteiger partial charge < -0.3 is 5.32 Å². The molecule has 0 aliphatic heterocycles. The third-order valence-electron chi connectivity index (χ3n) is 4.70. The first kappa shape index (κ1) is 18.8. The smallest absolute Gasteiger partial charge is 0.311 e. The van der Waals surface area contributed by atoms with Crippen LogP contribution in [0.4, 0.5) is 0 Å². The number of rotatable bonds is 5. The quantitative estimate of drug-likeness (QED) is 0.859. The van der Waals surface area contributed by atoms with Gasteiger partial charge in [-0.05, 0) is 48.1 Å². The molecule has 6 nitrogen and oxygen atoms in total. The summed E-state index contributed by atoms with van der Waals surface area (Å²) in [7, 11) is -2.59. The van der Waals surface area contributed by atoms with Crippen LogP contribution in [0.25, 0.3) is 0 Å². The standard InChI is InChI=1S/C20H19N3O3S/c21-13-14-9-10-17-16(11-14)7-4-8-18(17)22-20(24)12-19(23-27(25)26)15-5-2-1-3-6-15/h1-3,5-6,9-11,18-19H,4,7-8,12H2,(H,22,24). The topological polar surface area (TPSA) is 99.4 Å². The van der Waals surface area contributed by atoms with Crippen LogP contribution in [0.1, 0.15) is 53.6 Å². The SMILES string of the molecule is N#Cc1ccc2c(c1)CCCC2NC(=O)CC(N=S(=O)=O)c1ccccc1. The lowest BCUT2D eigenvalue weighted by Gasteiger charge is -2.27. The summed E-state index contributed by atoms with van der Waals surface area (Å²) in [5.74, 6) is -0.250. The maximum atomic E-state index is 12.6. The zero-order valence-corrected chi connectivity index (χ0v) is 15.4. The highest BCUT2D eigenvalue weighted by Crippen LogP contribution is 2.31. The Morgan fingerprint density at radius 3 is 2.74 bits per heavy atom. The first-order chi connectivity index (χ1) is 13.1. The molecule has 27 heavy (non-hydrogen) atoms. The number of amides is 1. The van der Waals surface area contributed by atoms with E-state index in [0.717, 1.165) is 30.4 Å². The molecule has 1 amide bonds. The first-order valence-electron chi connectivity index (χ1n) is 8.74. The van der Waals surface area contributed by atoms with Crippen LogP contribution in [0.5, 0.6) is 0 Å². The van der Waals surface area contributed by atoms with Crippen molar-refractivity contribution in [2.75, 3.05) is 0 Å². The monoisotopic (exact) mass is 381 g/mol. The van der Waals surface area contributed by atoms with E-state index in [0.29, 0.717) is 11.1 Å². The Morgan fingerprint density at radius 1 is 1.26 bits per heavy atom. The first-order valence-corrected chi connectivity index (χ1v) is 9.77. The lowest BCUT2D eigenvalue weighted by molar-refractivity contribution is -0.122. The van der Waals surface area contributed by atoms with Crippen LogP contribution in [0.15, 0.2) is 52.9 Å². The number of nitrogens with zero attached hydrogens (tertiary/aromatic N) is 2. The predicted molar refractivity (Wildman–Crippen MR) is 100 cm³/mol. The van der Waals surface area contributed by atoms with Crippen LogP contribution in [0.3, 0.4) is 0 Å². The molecule has 2 aromatic rings. The molecule has 0 spiro atoms. The highest BCUT2D eigenvalue weighted by Gasteiger charge is 2.24. The molecule has 2 unspecified atom stereocenters. The molecule has 0 saturated heterocycles. The molecule has 0 radical (unpaired) electrons. The second kappa shape index (κ2) is 8.60. The molecule has 1 N–H and O–H groups in total. The molecule has 2 atom stereocenters. The number of hydrogen-bond donors (Lipinski definition) is 1. The fraction of sp³-hybridized carbons (Fsp3) is 0.300. The molecule has 2 aromatic carbocycles. The van der Waals surface area contributed by atoms with Gasteiger partial charge in [-0.25, -0.2) is 0 Å². The Morgan fingerprint density at radius 2 is 2.04 bits per heavy atom. The van der Waals surface area contributed by atoms with Gasteiger partial charge in [0.2, 0.25) is 5.91 Å². The minimum absolute atomic E-state index is 0.0416. The van der Waals surface area contributed by atoms with Gasteiger partial charge in [0.1, 0.15) is 6.04 Å². The Kier molecular flexibility index (Phi) is 5.99. The molecule has 0 aromatic heterocycles. The van der Waals surface area contributed by atoms with E-state index in [4.69, 9.17) is 5.26 Å². The Bertz CT molecular complexity index is 1000. The number of fused-ring (bicyclic) bond motifs is 1. The summed E-state index contributed by atoms with van der Waals surface area (Å²) in [6.07, 6.45) is 2.57. The van der Waals surface area contributed by atoms with Crippen LogP contribution in [0, 0.1) is 11.3 Å². The molecule has 0 fully saturated rings. The average molecular weight is 381 g/mol. The van der Waals surface area contributed by atoms with Crippen molar-refractivity contribution >= 4 is 16.4 Å². The number of carbonyl (C=O) groups excluding carboxylic acids is 1. The second-order valence-corrected chi connectivity index (χ2v) is 7.14. The van der Waals surface area contributed by atoms with Gasteiger partial charge in [0.15, 0.2) is 0 Å². The van der Waals surface area contributed by atoms with E-state index in [1.54, 1.807) is 30.3 Å². The predicted octanol–water partition coefficient (Wildman–Crippen LogP) is 3.25. The molecular weight excluding hydrogens is 362 g/mol. The van der Waals surface area contributed by atoms with Crippen LogP contribution in [-0.2, 0) is 21.7 Å². The summed E-state index contributed by atoms with van der Waals surface area (Å²) in [6.45, 7) is 0. The van der Waals surface area contributed by atoms with Gasteiger partial charge >= 0.3 is 10.5 Å². The highest BCUT2D eigenvalue weighted by atomic mass is 32.2. The van der Waals surface area contributed by atoms with E-state index in [-0.39, 0.29) is 18.4 Å². The van der Waals surface area contributed by atoms with Crippen molar-refractivity contribution in [2.24, 2.45) is 4.36 Å². The zero-order valence-electron chi connectivity index (χ0n) is 14.6. The minimum Gasteiger partial charge on any atom is -0.349 e. The second-order valence-electron chi connectivity index (χ2n) is 6.49. The average Bonchev–Trinajstić information content (AvgIpc) is 2.67. The fourth-order valence-corrected chi connectivity index (χ4v) is 3.86. The Balaban J connectivity index is 1.76. The highest BCUT2D eigenvalue weighted by molar-refractivity contribution is 7.61. The van der Waals surface area contributed by atoms with Gasteiger partial charge in [0, 0.05) is 0 Å². The summed E-state index contributed by atoms with van der Waals surface area (Å²) < 4.78 is 25.8. The van der Waals surface area contributed by atoms with Crippen molar-refractivity contribution in [1.29, 1.82) is 5.26 Å². The van der Waals surface area contributed by atoms with Crippen LogP contribution >= 0.6 is 0 Å². The molecule has 7 heteroatoms. The van der Waals surface area contributed by atoms with Gasteiger partial charge in [0.05, 0.1) is 24.1 Å². The Labute approximate surface area is 159 Å².